The number of likely N-dealkylation sites (tertiary alicyclic amines) is 1. The minimum Gasteiger partial charge on any atom is -0.462 e. The van der Waals surface area contributed by atoms with E-state index in [9.17, 15) is 9.59 Å². The maximum absolute atomic E-state index is 12.9. The van der Waals surface area contributed by atoms with Crippen LogP contribution in [0.3, 0.4) is 0 Å². The third-order valence-corrected chi connectivity index (χ3v) is 4.37. The van der Waals surface area contributed by atoms with Crippen LogP contribution in [0.1, 0.15) is 42.5 Å². The molecule has 1 aliphatic heterocycles. The summed E-state index contributed by atoms with van der Waals surface area (Å²) < 4.78 is 10.9. The fourth-order valence-electron chi connectivity index (χ4n) is 3.02. The molecule has 3 rings (SSSR count). The maximum Gasteiger partial charge on any atom is 0.332 e. The summed E-state index contributed by atoms with van der Waals surface area (Å²) in [4.78, 5) is 27.0. The van der Waals surface area contributed by atoms with Crippen LogP contribution in [-0.2, 0) is 14.3 Å². The maximum atomic E-state index is 12.9. The molecule has 0 bridgehead atoms. The van der Waals surface area contributed by atoms with Crippen molar-refractivity contribution in [3.8, 4) is 0 Å². The number of hydrogen-bond acceptors (Lipinski definition) is 4. The van der Waals surface area contributed by atoms with Crippen LogP contribution < -0.4 is 0 Å². The second-order valence-corrected chi connectivity index (χ2v) is 6.40. The molecule has 1 atom stereocenters. The molecule has 1 amide bonds. The molecule has 2 heterocycles. The van der Waals surface area contributed by atoms with Gasteiger partial charge in [0, 0.05) is 24.7 Å². The molecule has 0 spiro atoms. The number of carbonyl (C=O) groups is 2. The van der Waals surface area contributed by atoms with Crippen molar-refractivity contribution in [2.24, 2.45) is 0 Å². The van der Waals surface area contributed by atoms with E-state index < -0.39 is 12.1 Å². The van der Waals surface area contributed by atoms with E-state index in [-0.39, 0.29) is 5.91 Å². The number of hydrogen-bond donors (Lipinski definition) is 0. The Kier molecular flexibility index (Phi) is 5.89. The van der Waals surface area contributed by atoms with Gasteiger partial charge in [0.05, 0.1) is 0 Å². The highest BCUT2D eigenvalue weighted by Crippen LogP contribution is 2.23. The van der Waals surface area contributed by atoms with Crippen molar-refractivity contribution in [1.29, 1.82) is 0 Å². The summed E-state index contributed by atoms with van der Waals surface area (Å²) in [7, 11) is 0. The molecule has 5 nitrogen and oxygen atoms in total. The molecule has 0 saturated carbocycles. The van der Waals surface area contributed by atoms with Gasteiger partial charge in [0.25, 0.3) is 5.91 Å². The number of aryl methyl sites for hydroxylation is 1. The number of piperidine rings is 1. The van der Waals surface area contributed by atoms with Crippen molar-refractivity contribution in [1.82, 2.24) is 4.90 Å². The number of carbonyl (C=O) groups excluding carboxylic acids is 2. The third-order valence-electron chi connectivity index (χ3n) is 4.37. The minimum atomic E-state index is -0.926. The first-order chi connectivity index (χ1) is 12.6. The highest BCUT2D eigenvalue weighted by atomic mass is 16.5. The van der Waals surface area contributed by atoms with Gasteiger partial charge in [-0.2, -0.15) is 0 Å². The van der Waals surface area contributed by atoms with E-state index in [4.69, 9.17) is 9.15 Å². The normalized spacial score (nSPS) is 15.8. The number of esters is 1. The first kappa shape index (κ1) is 18.0. The molecule has 1 saturated heterocycles. The quantitative estimate of drug-likeness (QED) is 0.604. The Balaban J connectivity index is 1.73. The molecule has 1 aromatic heterocycles. The van der Waals surface area contributed by atoms with Crippen molar-refractivity contribution >= 4 is 18.0 Å². The second-order valence-electron chi connectivity index (χ2n) is 6.40. The van der Waals surface area contributed by atoms with Crippen molar-refractivity contribution in [2.45, 2.75) is 32.3 Å². The molecule has 136 valence electrons. The van der Waals surface area contributed by atoms with Gasteiger partial charge in [0.15, 0.2) is 0 Å². The average molecular weight is 353 g/mol. The van der Waals surface area contributed by atoms with Gasteiger partial charge >= 0.3 is 5.97 Å². The number of rotatable bonds is 5. The lowest BCUT2D eigenvalue weighted by atomic mass is 10.1. The summed E-state index contributed by atoms with van der Waals surface area (Å²) >= 11 is 0. The minimum absolute atomic E-state index is 0.161. The Labute approximate surface area is 153 Å². The van der Waals surface area contributed by atoms with Gasteiger partial charge in [-0.05, 0) is 44.4 Å². The van der Waals surface area contributed by atoms with Crippen LogP contribution in [0.5, 0.6) is 0 Å². The monoisotopic (exact) mass is 353 g/mol. The van der Waals surface area contributed by atoms with Gasteiger partial charge in [-0.15, -0.1) is 0 Å². The van der Waals surface area contributed by atoms with Crippen molar-refractivity contribution in [2.75, 3.05) is 13.1 Å². The Bertz CT molecular complexity index is 772. The summed E-state index contributed by atoms with van der Waals surface area (Å²) in [5.74, 6) is 0.600. The molecule has 26 heavy (non-hydrogen) atoms. The smallest absolute Gasteiger partial charge is 0.332 e. The number of furan rings is 1. The van der Waals surface area contributed by atoms with Crippen LogP contribution in [0, 0.1) is 6.92 Å². The zero-order valence-electron chi connectivity index (χ0n) is 14.9. The third kappa shape index (κ3) is 4.63. The molecular formula is C21H23NO4. The van der Waals surface area contributed by atoms with Gasteiger partial charge in [-0.3, -0.25) is 4.79 Å². The number of benzene rings is 1. The standard InChI is InChI=1S/C21H23NO4/c1-16-10-11-18(25-16)12-13-19(23)26-20(17-8-4-2-5-9-17)21(24)22-14-6-3-7-15-22/h2,4-5,8-13,20H,3,6-7,14-15H2,1H3/b13-12+. The molecule has 0 aliphatic carbocycles. The van der Waals surface area contributed by atoms with Gasteiger partial charge in [0.2, 0.25) is 6.10 Å². The van der Waals surface area contributed by atoms with E-state index in [0.717, 1.165) is 25.0 Å². The first-order valence-electron chi connectivity index (χ1n) is 8.92. The van der Waals surface area contributed by atoms with Crippen LogP contribution in [-0.4, -0.2) is 29.9 Å². The molecule has 1 fully saturated rings. The molecule has 1 unspecified atom stereocenters. The Hall–Kier alpha value is -2.82. The van der Waals surface area contributed by atoms with Crippen LogP contribution in [0.2, 0.25) is 0 Å². The van der Waals surface area contributed by atoms with Gasteiger partial charge in [0.1, 0.15) is 11.5 Å². The van der Waals surface area contributed by atoms with E-state index in [1.165, 1.54) is 6.08 Å². The fourth-order valence-corrected chi connectivity index (χ4v) is 3.02. The number of amides is 1. The van der Waals surface area contributed by atoms with Crippen molar-refractivity contribution in [3.05, 3.63) is 65.6 Å². The zero-order chi connectivity index (χ0) is 18.4. The number of ether oxygens (including phenoxy) is 1. The molecule has 0 N–H and O–H groups in total. The van der Waals surface area contributed by atoms with E-state index in [1.54, 1.807) is 29.2 Å². The summed E-state index contributed by atoms with van der Waals surface area (Å²) in [5.41, 5.74) is 0.679. The summed E-state index contributed by atoms with van der Waals surface area (Å²) in [5, 5.41) is 0. The Morgan fingerprint density at radius 2 is 1.81 bits per heavy atom. The average Bonchev–Trinajstić information content (AvgIpc) is 3.10. The van der Waals surface area contributed by atoms with Crippen LogP contribution >= 0.6 is 0 Å². The SMILES string of the molecule is Cc1ccc(/C=C/C(=O)OC(C(=O)N2CCCCC2)c2ccccc2)o1. The topological polar surface area (TPSA) is 59.8 Å². The summed E-state index contributed by atoms with van der Waals surface area (Å²) in [6.45, 7) is 3.25. The lowest BCUT2D eigenvalue weighted by molar-refractivity contribution is -0.157. The summed E-state index contributed by atoms with van der Waals surface area (Å²) in [6.07, 6.45) is 5.01. The Morgan fingerprint density at radius 1 is 1.08 bits per heavy atom. The van der Waals surface area contributed by atoms with Crippen LogP contribution in [0.25, 0.3) is 6.08 Å². The van der Waals surface area contributed by atoms with Gasteiger partial charge in [-0.25, -0.2) is 4.79 Å². The zero-order valence-corrected chi connectivity index (χ0v) is 14.9. The van der Waals surface area contributed by atoms with Gasteiger partial charge < -0.3 is 14.1 Å². The molecular weight excluding hydrogens is 330 g/mol. The van der Waals surface area contributed by atoms with Crippen LogP contribution in [0.15, 0.2) is 53.0 Å². The molecule has 0 radical (unpaired) electrons. The lowest BCUT2D eigenvalue weighted by Crippen LogP contribution is -2.40. The number of nitrogens with zero attached hydrogens (tertiary/aromatic N) is 1. The van der Waals surface area contributed by atoms with Crippen molar-refractivity contribution in [3.63, 3.8) is 0 Å². The first-order valence-corrected chi connectivity index (χ1v) is 8.92. The highest BCUT2D eigenvalue weighted by molar-refractivity contribution is 5.90. The van der Waals surface area contributed by atoms with E-state index >= 15 is 0 Å². The van der Waals surface area contributed by atoms with Crippen molar-refractivity contribution < 1.29 is 18.7 Å². The predicted molar refractivity (Wildman–Crippen MR) is 98.2 cm³/mol. The van der Waals surface area contributed by atoms with E-state index in [1.807, 2.05) is 31.2 Å². The van der Waals surface area contributed by atoms with E-state index in [0.29, 0.717) is 24.4 Å². The molecule has 1 aliphatic rings. The molecule has 2 aromatic rings. The summed E-state index contributed by atoms with van der Waals surface area (Å²) in [6, 6.07) is 12.7. The largest absolute Gasteiger partial charge is 0.462 e. The van der Waals surface area contributed by atoms with Gasteiger partial charge in [-0.1, -0.05) is 30.3 Å². The van der Waals surface area contributed by atoms with E-state index in [2.05, 4.69) is 0 Å². The highest BCUT2D eigenvalue weighted by Gasteiger charge is 2.29. The lowest BCUT2D eigenvalue weighted by Gasteiger charge is -2.30. The molecule has 5 heteroatoms. The Morgan fingerprint density at radius 3 is 2.46 bits per heavy atom. The second kappa shape index (κ2) is 8.52. The fraction of sp³-hybridized carbons (Fsp3) is 0.333. The van der Waals surface area contributed by atoms with Crippen LogP contribution in [0.4, 0.5) is 0 Å². The predicted octanol–water partition coefficient (Wildman–Crippen LogP) is 3.90. The molecule has 1 aromatic carbocycles.